The van der Waals surface area contributed by atoms with Gasteiger partial charge in [0, 0.05) is 0 Å². The molecular formula is C12H25P. The smallest absolute Gasteiger partial charge is 0.00967 e. The van der Waals surface area contributed by atoms with E-state index in [1.807, 2.05) is 0 Å². The van der Waals surface area contributed by atoms with E-state index in [1.54, 1.807) is 0 Å². The monoisotopic (exact) mass is 200 g/mol. The molecule has 1 heteroatoms. The number of hydrogen-bond donors (Lipinski definition) is 0. The predicted octanol–water partition coefficient (Wildman–Crippen LogP) is 4.39. The Morgan fingerprint density at radius 1 is 0.923 bits per heavy atom. The van der Waals surface area contributed by atoms with Crippen molar-refractivity contribution in [2.75, 3.05) is 0 Å². The summed E-state index contributed by atoms with van der Waals surface area (Å²) in [5.74, 6) is 0. The Bertz CT molecular complexity index is 161. The largest absolute Gasteiger partial charge is 0.131 e. The molecule has 2 atom stereocenters. The molecule has 1 rings (SSSR count). The Morgan fingerprint density at radius 2 is 1.46 bits per heavy atom. The van der Waals surface area contributed by atoms with Gasteiger partial charge in [0.15, 0.2) is 0 Å². The quantitative estimate of drug-likeness (QED) is 0.593. The molecule has 13 heavy (non-hydrogen) atoms. The number of rotatable bonds is 3. The molecule has 0 aromatic carbocycles. The van der Waals surface area contributed by atoms with E-state index in [1.165, 1.54) is 44.9 Å². The Kier molecular flexibility index (Phi) is 3.81. The van der Waals surface area contributed by atoms with Gasteiger partial charge in [-0.1, -0.05) is 33.6 Å². The van der Waals surface area contributed by atoms with Crippen LogP contribution in [0.3, 0.4) is 0 Å². The second kappa shape index (κ2) is 4.30. The fourth-order valence-electron chi connectivity index (χ4n) is 3.28. The van der Waals surface area contributed by atoms with Crippen molar-refractivity contribution in [1.82, 2.24) is 0 Å². The molecule has 0 heterocycles. The first-order valence-corrected chi connectivity index (χ1v) is 6.51. The van der Waals surface area contributed by atoms with E-state index in [0.29, 0.717) is 10.6 Å². The Balaban J connectivity index is 2.87. The molecule has 0 nitrogen and oxygen atoms in total. The average molecular weight is 200 g/mol. The van der Waals surface area contributed by atoms with Crippen LogP contribution in [0.15, 0.2) is 0 Å². The first kappa shape index (κ1) is 11.5. The van der Waals surface area contributed by atoms with Crippen molar-refractivity contribution in [3.63, 3.8) is 0 Å². The topological polar surface area (TPSA) is 0 Å². The van der Waals surface area contributed by atoms with E-state index in [9.17, 15) is 0 Å². The maximum Gasteiger partial charge on any atom is -0.00967 e. The normalized spacial score (nSPS) is 33.2. The molecule has 2 unspecified atom stereocenters. The van der Waals surface area contributed by atoms with Crippen LogP contribution in [0.1, 0.15) is 65.7 Å². The minimum absolute atomic E-state index is 0.550. The zero-order chi connectivity index (χ0) is 9.95. The molecule has 0 aromatic heterocycles. The van der Waals surface area contributed by atoms with Gasteiger partial charge in [-0.05, 0) is 42.7 Å². The van der Waals surface area contributed by atoms with Crippen molar-refractivity contribution in [3.05, 3.63) is 0 Å². The molecule has 0 amide bonds. The van der Waals surface area contributed by atoms with Crippen LogP contribution in [-0.4, -0.2) is 5.16 Å². The maximum absolute atomic E-state index is 3.20. The lowest BCUT2D eigenvalue weighted by atomic mass is 9.61. The van der Waals surface area contributed by atoms with Crippen LogP contribution >= 0.6 is 9.24 Å². The lowest BCUT2D eigenvalue weighted by Crippen LogP contribution is -2.44. The van der Waals surface area contributed by atoms with E-state index in [-0.39, 0.29) is 0 Å². The second-order valence-corrected chi connectivity index (χ2v) is 5.81. The molecule has 0 aromatic rings. The van der Waals surface area contributed by atoms with Gasteiger partial charge in [0.05, 0.1) is 0 Å². The lowest BCUT2D eigenvalue weighted by Gasteiger charge is -2.51. The summed E-state index contributed by atoms with van der Waals surface area (Å²) in [6.07, 6.45) is 9.84. The van der Waals surface area contributed by atoms with Gasteiger partial charge < -0.3 is 0 Å². The highest BCUT2D eigenvalue weighted by Gasteiger charge is 2.45. The zero-order valence-corrected chi connectivity index (χ0v) is 10.7. The molecule has 1 fully saturated rings. The van der Waals surface area contributed by atoms with Gasteiger partial charge in [-0.25, -0.2) is 0 Å². The third-order valence-electron chi connectivity index (χ3n) is 4.57. The summed E-state index contributed by atoms with van der Waals surface area (Å²) < 4.78 is 0. The number of hydrogen-bond acceptors (Lipinski definition) is 0. The molecule has 1 aliphatic rings. The van der Waals surface area contributed by atoms with E-state index in [2.05, 4.69) is 30.0 Å². The van der Waals surface area contributed by atoms with E-state index >= 15 is 0 Å². The van der Waals surface area contributed by atoms with Gasteiger partial charge in [0.25, 0.3) is 0 Å². The minimum atomic E-state index is 0.550. The van der Waals surface area contributed by atoms with Crippen molar-refractivity contribution < 1.29 is 0 Å². The van der Waals surface area contributed by atoms with Crippen LogP contribution in [0.5, 0.6) is 0 Å². The molecule has 0 saturated heterocycles. The predicted molar refractivity (Wildman–Crippen MR) is 64.2 cm³/mol. The summed E-state index contributed by atoms with van der Waals surface area (Å²) in [5, 5.41) is 0.550. The fraction of sp³-hybridized carbons (Fsp3) is 1.00. The zero-order valence-electron chi connectivity index (χ0n) is 9.53. The molecule has 78 valence electrons. The first-order chi connectivity index (χ1) is 6.14. The summed E-state index contributed by atoms with van der Waals surface area (Å²) in [6.45, 7) is 7.12. The summed E-state index contributed by atoms with van der Waals surface area (Å²) >= 11 is 0. The second-order valence-electron chi connectivity index (χ2n) is 4.70. The van der Waals surface area contributed by atoms with E-state index in [0.717, 1.165) is 0 Å². The highest BCUT2D eigenvalue weighted by molar-refractivity contribution is 7.19. The molecule has 1 saturated carbocycles. The van der Waals surface area contributed by atoms with Crippen molar-refractivity contribution >= 4 is 9.24 Å². The first-order valence-electron chi connectivity index (χ1n) is 5.93. The fourth-order valence-corrected chi connectivity index (χ4v) is 4.03. The van der Waals surface area contributed by atoms with Gasteiger partial charge in [0.2, 0.25) is 0 Å². The average Bonchev–Trinajstić information content (AvgIpc) is 2.19. The van der Waals surface area contributed by atoms with Crippen molar-refractivity contribution in [3.8, 4) is 0 Å². The summed E-state index contributed by atoms with van der Waals surface area (Å²) in [7, 11) is 3.20. The van der Waals surface area contributed by atoms with Crippen LogP contribution in [0.25, 0.3) is 0 Å². The van der Waals surface area contributed by atoms with Crippen molar-refractivity contribution in [2.24, 2.45) is 5.41 Å². The molecule has 0 N–H and O–H groups in total. The van der Waals surface area contributed by atoms with Crippen LogP contribution < -0.4 is 0 Å². The van der Waals surface area contributed by atoms with Gasteiger partial charge in [-0.2, -0.15) is 0 Å². The SMILES string of the molecule is CCC1(P)CCCCC1(CC)CC. The van der Waals surface area contributed by atoms with Crippen molar-refractivity contribution in [1.29, 1.82) is 0 Å². The molecule has 0 aliphatic heterocycles. The van der Waals surface area contributed by atoms with Crippen LogP contribution in [0, 0.1) is 5.41 Å². The Labute approximate surface area is 86.1 Å². The summed E-state index contributed by atoms with van der Waals surface area (Å²) in [4.78, 5) is 0. The molecule has 0 radical (unpaired) electrons. The summed E-state index contributed by atoms with van der Waals surface area (Å²) in [5.41, 5.74) is 0.630. The Morgan fingerprint density at radius 3 is 1.85 bits per heavy atom. The van der Waals surface area contributed by atoms with Crippen LogP contribution in [-0.2, 0) is 0 Å². The van der Waals surface area contributed by atoms with Gasteiger partial charge in [0.1, 0.15) is 0 Å². The van der Waals surface area contributed by atoms with Gasteiger partial charge in [-0.15, -0.1) is 9.24 Å². The molecular weight excluding hydrogens is 175 g/mol. The van der Waals surface area contributed by atoms with Gasteiger partial charge in [-0.3, -0.25) is 0 Å². The minimum Gasteiger partial charge on any atom is -0.131 e. The van der Waals surface area contributed by atoms with E-state index in [4.69, 9.17) is 0 Å². The Hall–Kier alpha value is 0.430. The highest BCUT2D eigenvalue weighted by atomic mass is 31.0. The third-order valence-corrected chi connectivity index (χ3v) is 5.88. The lowest BCUT2D eigenvalue weighted by molar-refractivity contribution is 0.108. The molecule has 0 bridgehead atoms. The van der Waals surface area contributed by atoms with E-state index < -0.39 is 0 Å². The standard InChI is InChI=1S/C12H25P/c1-4-11(5-2)9-7-8-10-12(11,13)6-3/h4-10,13H2,1-3H3. The van der Waals surface area contributed by atoms with Crippen LogP contribution in [0.4, 0.5) is 0 Å². The third kappa shape index (κ3) is 1.80. The molecule has 1 aliphatic carbocycles. The summed E-state index contributed by atoms with van der Waals surface area (Å²) in [6, 6.07) is 0. The maximum atomic E-state index is 3.20. The van der Waals surface area contributed by atoms with Gasteiger partial charge >= 0.3 is 0 Å². The van der Waals surface area contributed by atoms with Crippen LogP contribution in [0.2, 0.25) is 0 Å². The van der Waals surface area contributed by atoms with Crippen molar-refractivity contribution in [2.45, 2.75) is 70.9 Å². The highest BCUT2D eigenvalue weighted by Crippen LogP contribution is 2.55. The molecule has 0 spiro atoms.